The Hall–Kier alpha value is -1.41. The third kappa shape index (κ3) is 18.6. The van der Waals surface area contributed by atoms with Gasteiger partial charge in [-0.1, -0.05) is 89.4 Å². The lowest BCUT2D eigenvalue weighted by Gasteiger charge is -2.01. The van der Waals surface area contributed by atoms with Gasteiger partial charge in [-0.3, -0.25) is 4.79 Å². The molecule has 0 aliphatic heterocycles. The van der Waals surface area contributed by atoms with Crippen LogP contribution in [0.5, 0.6) is 0 Å². The molecule has 0 aromatic rings. The molecule has 2 nitrogen and oxygen atoms in total. The minimum atomic E-state index is -0.893. The van der Waals surface area contributed by atoms with E-state index in [1.807, 2.05) is 0 Å². The van der Waals surface area contributed by atoms with Crippen LogP contribution >= 0.6 is 0 Å². The summed E-state index contributed by atoms with van der Waals surface area (Å²) >= 11 is 0. The number of carboxylic acids is 1. The summed E-state index contributed by atoms with van der Waals surface area (Å²) in [6, 6.07) is 0. The molecule has 124 valence electrons. The van der Waals surface area contributed by atoms with Crippen LogP contribution in [0.2, 0.25) is 0 Å². The Morgan fingerprint density at radius 2 is 1.18 bits per heavy atom. The molecule has 0 bridgehead atoms. The molecule has 0 unspecified atom stereocenters. The van der Waals surface area contributed by atoms with Gasteiger partial charge in [-0.15, -0.1) is 0 Å². The van der Waals surface area contributed by atoms with Crippen LogP contribution in [0.4, 0.5) is 0 Å². The van der Waals surface area contributed by atoms with Gasteiger partial charge < -0.3 is 5.11 Å². The first-order valence-corrected chi connectivity index (χ1v) is 8.95. The molecule has 0 spiro atoms. The second-order valence-corrected chi connectivity index (χ2v) is 5.81. The maximum Gasteiger partial charge on any atom is 0.315 e. The van der Waals surface area contributed by atoms with Crippen molar-refractivity contribution < 1.29 is 9.90 Å². The molecule has 0 saturated heterocycles. The van der Waals surface area contributed by atoms with Crippen molar-refractivity contribution in [1.29, 1.82) is 0 Å². The Labute approximate surface area is 137 Å². The van der Waals surface area contributed by atoms with Gasteiger partial charge >= 0.3 is 5.97 Å². The molecule has 0 fully saturated rings. The van der Waals surface area contributed by atoms with Crippen molar-refractivity contribution in [2.45, 2.75) is 96.8 Å². The van der Waals surface area contributed by atoms with Crippen LogP contribution in [0.1, 0.15) is 96.8 Å². The summed E-state index contributed by atoms with van der Waals surface area (Å²) in [7, 11) is 0. The number of hydrogen-bond acceptors (Lipinski definition) is 1. The third-order valence-corrected chi connectivity index (χ3v) is 3.63. The zero-order chi connectivity index (χ0) is 16.3. The average Bonchev–Trinajstić information content (AvgIpc) is 2.50. The normalized spacial score (nSPS) is 9.50. The monoisotopic (exact) mass is 304 g/mol. The van der Waals surface area contributed by atoms with Crippen LogP contribution in [-0.4, -0.2) is 11.1 Å². The highest BCUT2D eigenvalue weighted by molar-refractivity contribution is 5.70. The molecule has 0 heterocycles. The first kappa shape index (κ1) is 20.6. The first-order valence-electron chi connectivity index (χ1n) is 8.95. The zero-order valence-corrected chi connectivity index (χ0v) is 14.3. The number of unbranched alkanes of at least 4 members (excludes halogenated alkanes) is 12. The van der Waals surface area contributed by atoms with Gasteiger partial charge in [0.2, 0.25) is 0 Å². The summed E-state index contributed by atoms with van der Waals surface area (Å²) in [6.07, 6.45) is 16.9. The summed E-state index contributed by atoms with van der Waals surface area (Å²) in [5.41, 5.74) is 0. The van der Waals surface area contributed by atoms with Crippen molar-refractivity contribution in [2.24, 2.45) is 0 Å². The second-order valence-electron chi connectivity index (χ2n) is 5.81. The molecule has 0 rings (SSSR count). The van der Waals surface area contributed by atoms with E-state index in [1.165, 1.54) is 70.6 Å². The third-order valence-electron chi connectivity index (χ3n) is 3.63. The second kappa shape index (κ2) is 17.6. The lowest BCUT2D eigenvalue weighted by Crippen LogP contribution is -1.89. The van der Waals surface area contributed by atoms with Crippen LogP contribution in [0.3, 0.4) is 0 Å². The smallest absolute Gasteiger partial charge is 0.315 e. The molecule has 0 atom stereocenters. The molecule has 0 aliphatic rings. The topological polar surface area (TPSA) is 37.3 Å². The molecule has 0 radical (unpaired) electrons. The molecule has 1 N–H and O–H groups in total. The van der Waals surface area contributed by atoms with Crippen molar-refractivity contribution >= 4 is 5.97 Å². The lowest BCUT2D eigenvalue weighted by atomic mass is 10.0. The van der Waals surface area contributed by atoms with E-state index in [0.29, 0.717) is 0 Å². The van der Waals surface area contributed by atoms with E-state index in [-0.39, 0.29) is 6.42 Å². The molecule has 0 aromatic heterocycles. The zero-order valence-electron chi connectivity index (χ0n) is 14.3. The van der Waals surface area contributed by atoms with Gasteiger partial charge in [0.25, 0.3) is 0 Å². The standard InChI is InChI=1S/C20H32O2/c1-2-3-4-5-6-7-8-9-10-11-12-13-14-15-16-17-18-19-20(21)22/h2-14,19H2,1H3,(H,21,22). The Balaban J connectivity index is 3.18. The largest absolute Gasteiger partial charge is 0.481 e. The maximum atomic E-state index is 10.2. The van der Waals surface area contributed by atoms with Gasteiger partial charge in [0.15, 0.2) is 0 Å². The SMILES string of the molecule is CCCCCCCCCCCCCCC#CC#CCC(=O)O. The molecule has 22 heavy (non-hydrogen) atoms. The van der Waals surface area contributed by atoms with Crippen molar-refractivity contribution in [3.8, 4) is 23.7 Å². The van der Waals surface area contributed by atoms with Gasteiger partial charge in [-0.25, -0.2) is 0 Å². The summed E-state index contributed by atoms with van der Waals surface area (Å²) in [4.78, 5) is 10.2. The van der Waals surface area contributed by atoms with E-state index >= 15 is 0 Å². The van der Waals surface area contributed by atoms with Crippen LogP contribution < -0.4 is 0 Å². The van der Waals surface area contributed by atoms with Crippen LogP contribution in [0, 0.1) is 23.7 Å². The predicted molar refractivity (Wildman–Crippen MR) is 93.5 cm³/mol. The van der Waals surface area contributed by atoms with Gasteiger partial charge in [-0.05, 0) is 18.3 Å². The first-order chi connectivity index (χ1) is 10.8. The Kier molecular flexibility index (Phi) is 16.5. The summed E-state index contributed by atoms with van der Waals surface area (Å²) in [5.74, 6) is 9.87. The average molecular weight is 304 g/mol. The maximum absolute atomic E-state index is 10.2. The quantitative estimate of drug-likeness (QED) is 0.357. The van der Waals surface area contributed by atoms with E-state index < -0.39 is 5.97 Å². The Morgan fingerprint density at radius 3 is 1.68 bits per heavy atom. The minimum absolute atomic E-state index is 0.118. The molecular formula is C20H32O2. The van der Waals surface area contributed by atoms with E-state index in [1.54, 1.807) is 0 Å². The van der Waals surface area contributed by atoms with Crippen molar-refractivity contribution in [1.82, 2.24) is 0 Å². The highest BCUT2D eigenvalue weighted by Gasteiger charge is 1.92. The van der Waals surface area contributed by atoms with Gasteiger partial charge in [-0.2, -0.15) is 0 Å². The number of hydrogen-bond donors (Lipinski definition) is 1. The van der Waals surface area contributed by atoms with Gasteiger partial charge in [0, 0.05) is 6.42 Å². The van der Waals surface area contributed by atoms with Crippen LogP contribution in [-0.2, 0) is 4.79 Å². The summed E-state index contributed by atoms with van der Waals surface area (Å²) in [6.45, 7) is 2.26. The van der Waals surface area contributed by atoms with Crippen LogP contribution in [0.15, 0.2) is 0 Å². The lowest BCUT2D eigenvalue weighted by molar-refractivity contribution is -0.135. The van der Waals surface area contributed by atoms with Crippen molar-refractivity contribution in [2.75, 3.05) is 0 Å². The van der Waals surface area contributed by atoms with Gasteiger partial charge in [0.05, 0.1) is 0 Å². The molecule has 2 heteroatoms. The number of carboxylic acid groups (broad SMARTS) is 1. The van der Waals surface area contributed by atoms with E-state index in [2.05, 4.69) is 30.6 Å². The minimum Gasteiger partial charge on any atom is -0.481 e. The fourth-order valence-corrected chi connectivity index (χ4v) is 2.33. The Morgan fingerprint density at radius 1 is 0.727 bits per heavy atom. The van der Waals surface area contributed by atoms with E-state index in [4.69, 9.17) is 5.11 Å². The highest BCUT2D eigenvalue weighted by atomic mass is 16.4. The molecule has 0 aromatic carbocycles. The fourth-order valence-electron chi connectivity index (χ4n) is 2.33. The number of rotatable bonds is 13. The predicted octanol–water partition coefficient (Wildman–Crippen LogP) is 5.56. The Bertz CT molecular complexity index is 376. The molecule has 0 saturated carbocycles. The highest BCUT2D eigenvalue weighted by Crippen LogP contribution is 2.12. The summed E-state index contributed by atoms with van der Waals surface area (Å²) < 4.78 is 0. The molecular weight excluding hydrogens is 272 g/mol. The summed E-state index contributed by atoms with van der Waals surface area (Å²) in [5, 5.41) is 8.39. The fraction of sp³-hybridized carbons (Fsp3) is 0.750. The van der Waals surface area contributed by atoms with E-state index in [9.17, 15) is 4.79 Å². The molecule has 0 amide bonds. The molecule has 0 aliphatic carbocycles. The van der Waals surface area contributed by atoms with E-state index in [0.717, 1.165) is 12.8 Å². The van der Waals surface area contributed by atoms with Crippen LogP contribution in [0.25, 0.3) is 0 Å². The number of carbonyl (C=O) groups is 1. The van der Waals surface area contributed by atoms with Crippen molar-refractivity contribution in [3.63, 3.8) is 0 Å². The number of aliphatic carboxylic acids is 1. The van der Waals surface area contributed by atoms with Gasteiger partial charge in [0.1, 0.15) is 6.42 Å². The van der Waals surface area contributed by atoms with Crippen molar-refractivity contribution in [3.05, 3.63) is 0 Å².